The van der Waals surface area contributed by atoms with E-state index < -0.39 is 0 Å². The van der Waals surface area contributed by atoms with Crippen LogP contribution in [0.3, 0.4) is 0 Å². The predicted octanol–water partition coefficient (Wildman–Crippen LogP) is 4.67. The maximum atomic E-state index is 5.97. The van der Waals surface area contributed by atoms with Crippen LogP contribution in [0.1, 0.15) is 11.3 Å². The predicted molar refractivity (Wildman–Crippen MR) is 86.4 cm³/mol. The molecule has 0 fully saturated rings. The number of hydrogen-bond acceptors (Lipinski definition) is 2. The molecule has 20 heavy (non-hydrogen) atoms. The van der Waals surface area contributed by atoms with E-state index >= 15 is 0 Å². The number of aromatic nitrogens is 2. The van der Waals surface area contributed by atoms with Gasteiger partial charge in [-0.2, -0.15) is 0 Å². The molecule has 0 unspecified atom stereocenters. The van der Waals surface area contributed by atoms with Gasteiger partial charge >= 0.3 is 0 Å². The third kappa shape index (κ3) is 2.81. The Morgan fingerprint density at radius 1 is 1.25 bits per heavy atom. The minimum atomic E-state index is 0.668. The van der Waals surface area contributed by atoms with Crippen molar-refractivity contribution in [3.63, 3.8) is 0 Å². The number of pyridine rings is 1. The average molecular weight is 351 g/mol. The van der Waals surface area contributed by atoms with Crippen LogP contribution in [0, 0.1) is 6.92 Å². The molecule has 0 spiro atoms. The SMILES string of the molecule is Cc1ccc(Br)c(NCc2cn3cc(Cl)ccc3n2)c1. The van der Waals surface area contributed by atoms with E-state index in [1.165, 1.54) is 5.56 Å². The molecule has 2 heterocycles. The first-order valence-electron chi connectivity index (χ1n) is 6.25. The van der Waals surface area contributed by atoms with Crippen molar-refractivity contribution in [3.8, 4) is 0 Å². The summed E-state index contributed by atoms with van der Waals surface area (Å²) in [5.74, 6) is 0. The smallest absolute Gasteiger partial charge is 0.137 e. The van der Waals surface area contributed by atoms with Crippen LogP contribution in [0.15, 0.2) is 47.2 Å². The van der Waals surface area contributed by atoms with Crippen LogP contribution in [-0.2, 0) is 6.54 Å². The molecule has 1 aromatic carbocycles. The van der Waals surface area contributed by atoms with Crippen molar-refractivity contribution in [1.82, 2.24) is 9.38 Å². The molecule has 1 N–H and O–H groups in total. The van der Waals surface area contributed by atoms with Crippen LogP contribution >= 0.6 is 27.5 Å². The first kappa shape index (κ1) is 13.5. The summed E-state index contributed by atoms with van der Waals surface area (Å²) in [7, 11) is 0. The number of benzene rings is 1. The topological polar surface area (TPSA) is 29.3 Å². The lowest BCUT2D eigenvalue weighted by Crippen LogP contribution is -2.00. The van der Waals surface area contributed by atoms with E-state index in [1.807, 2.05) is 35.0 Å². The second-order valence-corrected chi connectivity index (χ2v) is 5.97. The Hall–Kier alpha value is -1.52. The van der Waals surface area contributed by atoms with E-state index in [0.29, 0.717) is 11.6 Å². The van der Waals surface area contributed by atoms with Gasteiger partial charge in [0.15, 0.2) is 0 Å². The zero-order chi connectivity index (χ0) is 14.1. The second kappa shape index (κ2) is 5.46. The Morgan fingerprint density at radius 3 is 2.95 bits per heavy atom. The molecule has 0 saturated heterocycles. The molecule has 0 aliphatic rings. The molecule has 0 radical (unpaired) electrons. The monoisotopic (exact) mass is 349 g/mol. The van der Waals surface area contributed by atoms with E-state index in [0.717, 1.165) is 21.5 Å². The first-order valence-corrected chi connectivity index (χ1v) is 7.42. The van der Waals surface area contributed by atoms with E-state index in [2.05, 4.69) is 45.3 Å². The van der Waals surface area contributed by atoms with Gasteiger partial charge in [0.05, 0.1) is 17.3 Å². The summed E-state index contributed by atoms with van der Waals surface area (Å²) in [5.41, 5.74) is 4.16. The number of fused-ring (bicyclic) bond motifs is 1. The fraction of sp³-hybridized carbons (Fsp3) is 0.133. The molecule has 0 amide bonds. The molecule has 3 aromatic rings. The number of rotatable bonds is 3. The standard InChI is InChI=1S/C15H13BrClN3/c1-10-2-4-13(16)14(6-10)18-7-12-9-20-8-11(17)3-5-15(20)19-12/h2-6,8-9,18H,7H2,1H3. The third-order valence-electron chi connectivity index (χ3n) is 3.05. The largest absolute Gasteiger partial charge is 0.378 e. The summed E-state index contributed by atoms with van der Waals surface area (Å²) >= 11 is 9.51. The van der Waals surface area contributed by atoms with Crippen LogP contribution in [-0.4, -0.2) is 9.38 Å². The number of halogens is 2. The first-order chi connectivity index (χ1) is 9.61. The summed E-state index contributed by atoms with van der Waals surface area (Å²) in [6, 6.07) is 9.98. The van der Waals surface area contributed by atoms with Gasteiger partial charge in [0.25, 0.3) is 0 Å². The zero-order valence-electron chi connectivity index (χ0n) is 10.9. The molecular weight excluding hydrogens is 338 g/mol. The highest BCUT2D eigenvalue weighted by Crippen LogP contribution is 2.24. The number of hydrogen-bond donors (Lipinski definition) is 1. The van der Waals surface area contributed by atoms with Gasteiger partial charge in [0.2, 0.25) is 0 Å². The number of imidazole rings is 1. The lowest BCUT2D eigenvalue weighted by atomic mass is 10.2. The maximum Gasteiger partial charge on any atom is 0.137 e. The lowest BCUT2D eigenvalue weighted by Gasteiger charge is -2.07. The Labute approximate surface area is 130 Å². The second-order valence-electron chi connectivity index (χ2n) is 4.68. The fourth-order valence-electron chi connectivity index (χ4n) is 2.06. The zero-order valence-corrected chi connectivity index (χ0v) is 13.2. The summed E-state index contributed by atoms with van der Waals surface area (Å²) < 4.78 is 2.99. The molecule has 102 valence electrons. The van der Waals surface area contributed by atoms with Crippen molar-refractivity contribution in [1.29, 1.82) is 0 Å². The van der Waals surface area contributed by atoms with Crippen molar-refractivity contribution in [2.45, 2.75) is 13.5 Å². The van der Waals surface area contributed by atoms with Crippen molar-refractivity contribution in [3.05, 3.63) is 63.5 Å². The molecule has 0 saturated carbocycles. The highest BCUT2D eigenvalue weighted by molar-refractivity contribution is 9.10. The Balaban J connectivity index is 1.81. The van der Waals surface area contributed by atoms with E-state index in [9.17, 15) is 0 Å². The van der Waals surface area contributed by atoms with Crippen LogP contribution < -0.4 is 5.32 Å². The van der Waals surface area contributed by atoms with Crippen molar-refractivity contribution in [2.24, 2.45) is 0 Å². The van der Waals surface area contributed by atoms with Gasteiger partial charge in [-0.1, -0.05) is 17.7 Å². The Morgan fingerprint density at radius 2 is 2.10 bits per heavy atom. The fourth-order valence-corrected chi connectivity index (χ4v) is 2.62. The molecule has 3 nitrogen and oxygen atoms in total. The molecule has 2 aromatic heterocycles. The van der Waals surface area contributed by atoms with Crippen LogP contribution in [0.5, 0.6) is 0 Å². The molecular formula is C15H13BrClN3. The van der Waals surface area contributed by atoms with E-state index in [4.69, 9.17) is 11.6 Å². The van der Waals surface area contributed by atoms with Crippen LogP contribution in [0.4, 0.5) is 5.69 Å². The minimum Gasteiger partial charge on any atom is -0.378 e. The number of aryl methyl sites for hydroxylation is 1. The molecule has 3 rings (SSSR count). The number of anilines is 1. The van der Waals surface area contributed by atoms with Gasteiger partial charge < -0.3 is 9.72 Å². The van der Waals surface area contributed by atoms with Crippen molar-refractivity contribution >= 4 is 38.9 Å². The van der Waals surface area contributed by atoms with Gasteiger partial charge in [-0.3, -0.25) is 0 Å². The summed E-state index contributed by atoms with van der Waals surface area (Å²) in [6.45, 7) is 2.74. The molecule has 0 bridgehead atoms. The van der Waals surface area contributed by atoms with Crippen molar-refractivity contribution in [2.75, 3.05) is 5.32 Å². The van der Waals surface area contributed by atoms with E-state index in [-0.39, 0.29) is 0 Å². The highest BCUT2D eigenvalue weighted by atomic mass is 79.9. The van der Waals surface area contributed by atoms with Gasteiger partial charge in [0.1, 0.15) is 5.65 Å². The summed E-state index contributed by atoms with van der Waals surface area (Å²) in [6.07, 6.45) is 3.84. The third-order valence-corrected chi connectivity index (χ3v) is 3.96. The molecule has 0 atom stereocenters. The summed E-state index contributed by atoms with van der Waals surface area (Å²) in [4.78, 5) is 4.55. The Kier molecular flexibility index (Phi) is 3.68. The quantitative estimate of drug-likeness (QED) is 0.743. The number of nitrogens with zero attached hydrogens (tertiary/aromatic N) is 2. The highest BCUT2D eigenvalue weighted by Gasteiger charge is 2.04. The molecule has 5 heteroatoms. The normalized spacial score (nSPS) is 10.9. The van der Waals surface area contributed by atoms with Gasteiger partial charge in [-0.05, 0) is 52.7 Å². The maximum absolute atomic E-state index is 5.97. The van der Waals surface area contributed by atoms with Crippen molar-refractivity contribution < 1.29 is 0 Å². The van der Waals surface area contributed by atoms with Gasteiger partial charge in [-0.15, -0.1) is 0 Å². The molecule has 0 aliphatic heterocycles. The van der Waals surface area contributed by atoms with E-state index in [1.54, 1.807) is 0 Å². The van der Waals surface area contributed by atoms with Crippen LogP contribution in [0.2, 0.25) is 5.02 Å². The minimum absolute atomic E-state index is 0.668. The summed E-state index contributed by atoms with van der Waals surface area (Å²) in [5, 5.41) is 4.09. The number of nitrogens with one attached hydrogen (secondary N) is 1. The van der Waals surface area contributed by atoms with Crippen LogP contribution in [0.25, 0.3) is 5.65 Å². The lowest BCUT2D eigenvalue weighted by molar-refractivity contribution is 1.08. The Bertz CT molecular complexity index is 767. The molecule has 0 aliphatic carbocycles. The van der Waals surface area contributed by atoms with Gasteiger partial charge in [-0.25, -0.2) is 4.98 Å². The van der Waals surface area contributed by atoms with Gasteiger partial charge in [0, 0.05) is 22.6 Å². The average Bonchev–Trinajstić information content (AvgIpc) is 2.81.